The minimum Gasteiger partial charge on any atom is -0.444 e. The van der Waals surface area contributed by atoms with Gasteiger partial charge < -0.3 is 16.2 Å². The van der Waals surface area contributed by atoms with E-state index in [-0.39, 0.29) is 0 Å². The first-order valence-corrected chi connectivity index (χ1v) is 4.91. The van der Waals surface area contributed by atoms with E-state index in [2.05, 4.69) is 9.72 Å². The summed E-state index contributed by atoms with van der Waals surface area (Å²) in [5, 5.41) is 0. The van der Waals surface area contributed by atoms with E-state index in [1.54, 1.807) is 39.0 Å². The molecule has 0 spiro atoms. The molecule has 94 valence electrons. The Morgan fingerprint density at radius 1 is 1.24 bits per heavy atom. The van der Waals surface area contributed by atoms with Crippen LogP contribution < -0.4 is 11.5 Å². The van der Waals surface area contributed by atoms with Gasteiger partial charge in [0.1, 0.15) is 11.3 Å². The number of ether oxygens (including phenoxy) is 1. The topological polar surface area (TPSA) is 108 Å². The molecule has 0 aliphatic rings. The van der Waals surface area contributed by atoms with Crippen LogP contribution in [-0.4, -0.2) is 22.6 Å². The molecule has 0 saturated carbocycles. The smallest absolute Gasteiger partial charge is 0.405 e. The molecule has 0 fully saturated rings. The Hall–Kier alpha value is -2.11. The van der Waals surface area contributed by atoms with Gasteiger partial charge >= 0.3 is 6.09 Å². The fourth-order valence-electron chi connectivity index (χ4n) is 0.810. The van der Waals surface area contributed by atoms with Gasteiger partial charge in [-0.1, -0.05) is 6.07 Å². The van der Waals surface area contributed by atoms with Crippen LogP contribution in [0.15, 0.2) is 24.4 Å². The molecule has 0 saturated heterocycles. The van der Waals surface area contributed by atoms with Crippen LogP contribution in [0.3, 0.4) is 0 Å². The van der Waals surface area contributed by atoms with Crippen molar-refractivity contribution in [1.29, 1.82) is 0 Å². The summed E-state index contributed by atoms with van der Waals surface area (Å²) in [5.41, 5.74) is 9.48. The van der Waals surface area contributed by atoms with Crippen LogP contribution in [0, 0.1) is 0 Å². The molecule has 6 heteroatoms. The highest BCUT2D eigenvalue weighted by molar-refractivity contribution is 5.90. The van der Waals surface area contributed by atoms with Gasteiger partial charge in [-0.15, -0.1) is 0 Å². The first-order chi connectivity index (χ1) is 7.72. The van der Waals surface area contributed by atoms with E-state index in [0.717, 1.165) is 0 Å². The lowest BCUT2D eigenvalue weighted by molar-refractivity contribution is 0.0600. The fraction of sp³-hybridized carbons (Fsp3) is 0.364. The molecule has 1 aromatic rings. The molecule has 0 bridgehead atoms. The highest BCUT2D eigenvalue weighted by atomic mass is 16.6. The number of carbonyl (C=O) groups is 2. The zero-order valence-electron chi connectivity index (χ0n) is 10.1. The highest BCUT2D eigenvalue weighted by Crippen LogP contribution is 2.04. The predicted molar refractivity (Wildman–Crippen MR) is 63.2 cm³/mol. The van der Waals surface area contributed by atoms with Gasteiger partial charge in [0.25, 0.3) is 5.91 Å². The lowest BCUT2D eigenvalue weighted by atomic mass is 10.2. The van der Waals surface area contributed by atoms with Gasteiger partial charge in [0.2, 0.25) is 0 Å². The molecule has 0 unspecified atom stereocenters. The zero-order valence-corrected chi connectivity index (χ0v) is 10.1. The van der Waals surface area contributed by atoms with Gasteiger partial charge in [0, 0.05) is 6.20 Å². The normalized spacial score (nSPS) is 9.82. The summed E-state index contributed by atoms with van der Waals surface area (Å²) in [6.45, 7) is 5.28. The summed E-state index contributed by atoms with van der Waals surface area (Å²) >= 11 is 0. The van der Waals surface area contributed by atoms with Crippen LogP contribution in [0.1, 0.15) is 31.3 Å². The Morgan fingerprint density at radius 2 is 1.82 bits per heavy atom. The van der Waals surface area contributed by atoms with E-state index >= 15 is 0 Å². The van der Waals surface area contributed by atoms with Crippen LogP contribution in [0.2, 0.25) is 0 Å². The molecule has 0 atom stereocenters. The second-order valence-electron chi connectivity index (χ2n) is 4.11. The standard InChI is InChI=1S/C6H6N2O.C5H11NO2/c7-6(9)5-3-1-2-4-8-5;1-5(2,3)8-4(6)7/h1-4H,(H2,7,9);1-3H3,(H2,6,7). The molecule has 1 rings (SSSR count). The lowest BCUT2D eigenvalue weighted by Crippen LogP contribution is -2.27. The average molecular weight is 239 g/mol. The third-order valence-electron chi connectivity index (χ3n) is 1.32. The molecule has 0 radical (unpaired) electrons. The molecule has 2 amide bonds. The van der Waals surface area contributed by atoms with Crippen molar-refractivity contribution < 1.29 is 14.3 Å². The summed E-state index contributed by atoms with van der Waals surface area (Å²) in [4.78, 5) is 24.1. The summed E-state index contributed by atoms with van der Waals surface area (Å²) in [6.07, 6.45) is 0.803. The van der Waals surface area contributed by atoms with Crippen molar-refractivity contribution in [2.24, 2.45) is 11.5 Å². The number of primary amides is 2. The van der Waals surface area contributed by atoms with Gasteiger partial charge in [0.15, 0.2) is 0 Å². The molecule has 0 aliphatic carbocycles. The molecule has 4 N–H and O–H groups in total. The summed E-state index contributed by atoms with van der Waals surface area (Å²) < 4.78 is 4.58. The van der Waals surface area contributed by atoms with Crippen molar-refractivity contribution in [2.45, 2.75) is 26.4 Å². The Kier molecular flexibility index (Phi) is 5.66. The van der Waals surface area contributed by atoms with Crippen LogP contribution in [0.25, 0.3) is 0 Å². The first-order valence-electron chi connectivity index (χ1n) is 4.91. The highest BCUT2D eigenvalue weighted by Gasteiger charge is 2.12. The summed E-state index contributed by atoms with van der Waals surface area (Å²) in [5.74, 6) is -0.490. The lowest BCUT2D eigenvalue weighted by Gasteiger charge is -2.16. The second kappa shape index (κ2) is 6.47. The zero-order chi connectivity index (χ0) is 13.5. The number of carbonyl (C=O) groups excluding carboxylic acids is 2. The first kappa shape index (κ1) is 14.9. The Labute approximate surface area is 100.0 Å². The number of rotatable bonds is 1. The van der Waals surface area contributed by atoms with E-state index in [0.29, 0.717) is 5.69 Å². The molecular formula is C11H17N3O3. The van der Waals surface area contributed by atoms with Crippen molar-refractivity contribution in [1.82, 2.24) is 4.98 Å². The SMILES string of the molecule is CC(C)(C)OC(N)=O.NC(=O)c1ccccn1. The average Bonchev–Trinajstić information content (AvgIpc) is 2.16. The molecule has 0 aromatic carbocycles. The van der Waals surface area contributed by atoms with E-state index in [1.165, 1.54) is 6.20 Å². The molecule has 0 aliphatic heterocycles. The number of hydrogen-bond donors (Lipinski definition) is 2. The quantitative estimate of drug-likeness (QED) is 0.763. The van der Waals surface area contributed by atoms with E-state index in [1.807, 2.05) is 0 Å². The second-order valence-corrected chi connectivity index (χ2v) is 4.11. The summed E-state index contributed by atoms with van der Waals surface area (Å²) in [6, 6.07) is 5.02. The summed E-state index contributed by atoms with van der Waals surface area (Å²) in [7, 11) is 0. The van der Waals surface area contributed by atoms with Gasteiger partial charge in [-0.05, 0) is 32.9 Å². The Balaban J connectivity index is 0.000000304. The minimum atomic E-state index is -0.725. The van der Waals surface area contributed by atoms with E-state index in [4.69, 9.17) is 11.5 Å². The number of amides is 2. The largest absolute Gasteiger partial charge is 0.444 e. The van der Waals surface area contributed by atoms with Crippen molar-refractivity contribution in [2.75, 3.05) is 0 Å². The molecule has 1 aromatic heterocycles. The molecule has 17 heavy (non-hydrogen) atoms. The van der Waals surface area contributed by atoms with E-state index < -0.39 is 17.6 Å². The molecule has 6 nitrogen and oxygen atoms in total. The Bertz CT molecular complexity index is 371. The number of nitrogens with two attached hydrogens (primary N) is 2. The third kappa shape index (κ3) is 8.86. The predicted octanol–water partition coefficient (Wildman–Crippen LogP) is 1.06. The van der Waals surface area contributed by atoms with Crippen LogP contribution in [-0.2, 0) is 4.74 Å². The molecular weight excluding hydrogens is 222 g/mol. The number of nitrogens with zero attached hydrogens (tertiary/aromatic N) is 1. The number of hydrogen-bond acceptors (Lipinski definition) is 4. The van der Waals surface area contributed by atoms with Gasteiger partial charge in [-0.25, -0.2) is 4.79 Å². The fourth-order valence-corrected chi connectivity index (χ4v) is 0.810. The van der Waals surface area contributed by atoms with Crippen molar-refractivity contribution in [3.05, 3.63) is 30.1 Å². The maximum absolute atomic E-state index is 10.4. The van der Waals surface area contributed by atoms with Crippen molar-refractivity contribution in [3.63, 3.8) is 0 Å². The number of pyridine rings is 1. The van der Waals surface area contributed by atoms with Crippen LogP contribution in [0.4, 0.5) is 4.79 Å². The maximum Gasteiger partial charge on any atom is 0.405 e. The maximum atomic E-state index is 10.4. The van der Waals surface area contributed by atoms with Crippen molar-refractivity contribution >= 4 is 12.0 Å². The number of aromatic nitrogens is 1. The monoisotopic (exact) mass is 239 g/mol. The van der Waals surface area contributed by atoms with Crippen LogP contribution in [0.5, 0.6) is 0 Å². The van der Waals surface area contributed by atoms with Crippen molar-refractivity contribution in [3.8, 4) is 0 Å². The molecule has 1 heterocycles. The Morgan fingerprint density at radius 3 is 2.00 bits per heavy atom. The van der Waals surface area contributed by atoms with E-state index in [9.17, 15) is 9.59 Å². The van der Waals surface area contributed by atoms with Gasteiger partial charge in [0.05, 0.1) is 0 Å². The minimum absolute atomic E-state index is 0.303. The van der Waals surface area contributed by atoms with Gasteiger partial charge in [-0.2, -0.15) is 0 Å². The third-order valence-corrected chi connectivity index (χ3v) is 1.32. The van der Waals surface area contributed by atoms with Crippen LogP contribution >= 0.6 is 0 Å². The van der Waals surface area contributed by atoms with Gasteiger partial charge in [-0.3, -0.25) is 9.78 Å².